The second-order valence-electron chi connectivity index (χ2n) is 15.1. The van der Waals surface area contributed by atoms with Crippen molar-refractivity contribution in [2.75, 3.05) is 52.7 Å². The maximum absolute atomic E-state index is 12.5. The maximum atomic E-state index is 12.5. The molecule has 0 saturated carbocycles. The minimum absolute atomic E-state index is 0.103. The topological polar surface area (TPSA) is 115 Å². The highest BCUT2D eigenvalue weighted by molar-refractivity contribution is 5.69. The predicted octanol–water partition coefficient (Wildman–Crippen LogP) is 10.8. The maximum Gasteiger partial charge on any atom is 0.305 e. The van der Waals surface area contributed by atoms with E-state index >= 15 is 0 Å². The first kappa shape index (κ1) is 53.2. The van der Waals surface area contributed by atoms with Crippen molar-refractivity contribution < 1.29 is 38.7 Å². The quantitative estimate of drug-likeness (QED) is 0.0270. The lowest BCUT2D eigenvalue weighted by molar-refractivity contribution is -0.159. The molecule has 0 heterocycles. The van der Waals surface area contributed by atoms with Gasteiger partial charge in [0.1, 0.15) is 0 Å². The summed E-state index contributed by atoms with van der Waals surface area (Å²) in [7, 11) is 0. The summed E-state index contributed by atoms with van der Waals surface area (Å²) in [5, 5.41) is 20.1. The second kappa shape index (κ2) is 43.3. The number of rotatable bonds is 43. The number of nitrogens with zero attached hydrogens (tertiary/aromatic N) is 1. The third-order valence-corrected chi connectivity index (χ3v) is 9.69. The fraction of sp³-hybridized carbons (Fsp3) is 0.870. The van der Waals surface area contributed by atoms with Crippen molar-refractivity contribution in [3.05, 3.63) is 24.3 Å². The Morgan fingerprint density at radius 3 is 1.64 bits per heavy atom. The summed E-state index contributed by atoms with van der Waals surface area (Å²) >= 11 is 0. The van der Waals surface area contributed by atoms with Crippen LogP contribution < -0.4 is 0 Å². The molecule has 0 aliphatic carbocycles. The molecule has 1 unspecified atom stereocenters. The van der Waals surface area contributed by atoms with Crippen molar-refractivity contribution in [2.24, 2.45) is 0 Å². The van der Waals surface area contributed by atoms with Crippen LogP contribution in [0.3, 0.4) is 0 Å². The van der Waals surface area contributed by atoms with Crippen molar-refractivity contribution in [3.8, 4) is 0 Å². The number of hydrogen-bond donors (Lipinski definition) is 2. The Labute approximate surface area is 338 Å². The monoisotopic (exact) mass is 782 g/mol. The van der Waals surface area contributed by atoms with E-state index < -0.39 is 6.10 Å². The fourth-order valence-corrected chi connectivity index (χ4v) is 6.35. The zero-order valence-electron chi connectivity index (χ0n) is 36.0. The highest BCUT2D eigenvalue weighted by Gasteiger charge is 2.14. The number of aliphatic hydroxyl groups is 2. The van der Waals surface area contributed by atoms with E-state index in [0.29, 0.717) is 58.7 Å². The first-order chi connectivity index (χ1) is 27.0. The summed E-state index contributed by atoms with van der Waals surface area (Å²) in [6.45, 7) is 11.1. The standard InChI is InChI=1S/C46H87NO8/c1-4-7-10-13-16-20-26-38-52-44(50)32-24-22-23-31-43(49)42-47(36-30-37-48)35-25-17-21-27-39-53-45(51)33-34-46(54-40-28-18-14-11-8-5-2)55-41-29-19-15-12-9-6-3/h8-9,11-12,43,46,48-49H,4-7,10,13-42H2,1-3H3/b11-8-,12-9-. The number of ether oxygens (including phenoxy) is 4. The molecule has 0 aromatic heterocycles. The molecule has 0 aromatic rings. The molecule has 55 heavy (non-hydrogen) atoms. The van der Waals surface area contributed by atoms with Crippen molar-refractivity contribution in [1.82, 2.24) is 4.90 Å². The van der Waals surface area contributed by atoms with Crippen LogP contribution in [0, 0.1) is 0 Å². The molecule has 324 valence electrons. The Bertz CT molecular complexity index is 858. The molecule has 1 atom stereocenters. The molecule has 9 heteroatoms. The molecule has 0 rings (SSSR count). The van der Waals surface area contributed by atoms with Crippen molar-refractivity contribution in [3.63, 3.8) is 0 Å². The van der Waals surface area contributed by atoms with Crippen LogP contribution in [-0.4, -0.2) is 92.1 Å². The minimum atomic E-state index is -0.418. The van der Waals surface area contributed by atoms with Crippen LogP contribution in [-0.2, 0) is 28.5 Å². The Morgan fingerprint density at radius 2 is 1.05 bits per heavy atom. The van der Waals surface area contributed by atoms with Crippen molar-refractivity contribution >= 4 is 11.9 Å². The van der Waals surface area contributed by atoms with Gasteiger partial charge in [-0.25, -0.2) is 0 Å². The molecule has 0 aliphatic heterocycles. The summed E-state index contributed by atoms with van der Waals surface area (Å²) in [6.07, 6.45) is 33.9. The predicted molar refractivity (Wildman–Crippen MR) is 227 cm³/mol. The Balaban J connectivity index is 4.16. The van der Waals surface area contributed by atoms with E-state index in [4.69, 9.17) is 18.9 Å². The highest BCUT2D eigenvalue weighted by atomic mass is 16.7. The van der Waals surface area contributed by atoms with Gasteiger partial charge in [0, 0.05) is 45.8 Å². The van der Waals surface area contributed by atoms with Gasteiger partial charge in [0.25, 0.3) is 0 Å². The molecule has 2 N–H and O–H groups in total. The summed E-state index contributed by atoms with van der Waals surface area (Å²) < 4.78 is 23.0. The van der Waals surface area contributed by atoms with Gasteiger partial charge in [-0.2, -0.15) is 0 Å². The highest BCUT2D eigenvalue weighted by Crippen LogP contribution is 2.13. The van der Waals surface area contributed by atoms with Gasteiger partial charge in [0.2, 0.25) is 0 Å². The number of carbonyl (C=O) groups is 2. The van der Waals surface area contributed by atoms with Gasteiger partial charge in [-0.1, -0.05) is 109 Å². The molecule has 0 spiro atoms. The van der Waals surface area contributed by atoms with Gasteiger partial charge in [0.05, 0.1) is 25.7 Å². The molecular weight excluding hydrogens is 695 g/mol. The Kier molecular flexibility index (Phi) is 41.9. The van der Waals surface area contributed by atoms with Gasteiger partial charge < -0.3 is 34.1 Å². The van der Waals surface area contributed by atoms with Crippen molar-refractivity contribution in [1.29, 1.82) is 0 Å². The molecule has 0 radical (unpaired) electrons. The largest absolute Gasteiger partial charge is 0.466 e. The summed E-state index contributed by atoms with van der Waals surface area (Å²) in [6, 6.07) is 0. The zero-order chi connectivity index (χ0) is 40.3. The van der Waals surface area contributed by atoms with Crippen LogP contribution in [0.4, 0.5) is 0 Å². The molecule has 0 aromatic carbocycles. The smallest absolute Gasteiger partial charge is 0.305 e. The van der Waals surface area contributed by atoms with Gasteiger partial charge in [-0.05, 0) is 96.4 Å². The normalized spacial score (nSPS) is 12.5. The second-order valence-corrected chi connectivity index (χ2v) is 15.1. The molecule has 9 nitrogen and oxygen atoms in total. The van der Waals surface area contributed by atoms with Crippen molar-refractivity contribution in [2.45, 2.75) is 207 Å². The van der Waals surface area contributed by atoms with E-state index in [9.17, 15) is 19.8 Å². The summed E-state index contributed by atoms with van der Waals surface area (Å²) in [4.78, 5) is 26.8. The molecular formula is C46H87NO8. The molecule has 0 aliphatic rings. The van der Waals surface area contributed by atoms with E-state index in [-0.39, 0.29) is 31.3 Å². The Morgan fingerprint density at radius 1 is 0.545 bits per heavy atom. The number of unbranched alkanes of at least 4 members (excludes halogenated alkanes) is 15. The number of carbonyl (C=O) groups excluding carboxylic acids is 2. The summed E-state index contributed by atoms with van der Waals surface area (Å²) in [5.74, 6) is -0.302. The lowest BCUT2D eigenvalue weighted by Gasteiger charge is -2.25. The van der Waals surface area contributed by atoms with Crippen LogP contribution in [0.5, 0.6) is 0 Å². The van der Waals surface area contributed by atoms with Crippen LogP contribution in [0.1, 0.15) is 194 Å². The Hall–Kier alpha value is -1.78. The van der Waals surface area contributed by atoms with E-state index in [1.54, 1.807) is 0 Å². The van der Waals surface area contributed by atoms with Gasteiger partial charge >= 0.3 is 11.9 Å². The van der Waals surface area contributed by atoms with Crippen LogP contribution in [0.15, 0.2) is 24.3 Å². The average molecular weight is 782 g/mol. The fourth-order valence-electron chi connectivity index (χ4n) is 6.35. The van der Waals surface area contributed by atoms with Gasteiger partial charge in [0.15, 0.2) is 6.29 Å². The lowest BCUT2D eigenvalue weighted by Crippen LogP contribution is -2.34. The van der Waals surface area contributed by atoms with Crippen LogP contribution >= 0.6 is 0 Å². The molecule has 0 fully saturated rings. The van der Waals surface area contributed by atoms with E-state index in [0.717, 1.165) is 122 Å². The third kappa shape index (κ3) is 40.2. The number of aliphatic hydroxyl groups excluding tert-OH is 2. The number of allylic oxidation sites excluding steroid dienone is 4. The van der Waals surface area contributed by atoms with Gasteiger partial charge in [-0.3, -0.25) is 9.59 Å². The van der Waals surface area contributed by atoms with Crippen LogP contribution in [0.25, 0.3) is 0 Å². The number of esters is 2. The van der Waals surface area contributed by atoms with Gasteiger partial charge in [-0.15, -0.1) is 0 Å². The zero-order valence-corrected chi connectivity index (χ0v) is 36.0. The average Bonchev–Trinajstić information content (AvgIpc) is 3.18. The minimum Gasteiger partial charge on any atom is -0.466 e. The summed E-state index contributed by atoms with van der Waals surface area (Å²) in [5.41, 5.74) is 0. The van der Waals surface area contributed by atoms with E-state index in [2.05, 4.69) is 50.0 Å². The lowest BCUT2D eigenvalue weighted by atomic mass is 10.1. The molecule has 0 saturated heterocycles. The molecule has 0 bridgehead atoms. The van der Waals surface area contributed by atoms with E-state index in [1.165, 1.54) is 32.1 Å². The number of hydrogen-bond acceptors (Lipinski definition) is 9. The van der Waals surface area contributed by atoms with Crippen LogP contribution in [0.2, 0.25) is 0 Å². The SMILES string of the molecule is CC/C=C\CCCCOC(CCC(=O)OCCCCCCN(CCCO)CC(O)CCCCCC(=O)OCCCCCCCCC)OCCCC/C=C\CC. The van der Waals surface area contributed by atoms with E-state index in [1.807, 2.05) is 0 Å². The first-order valence-electron chi connectivity index (χ1n) is 22.8. The molecule has 0 amide bonds. The first-order valence-corrected chi connectivity index (χ1v) is 22.8. The third-order valence-electron chi connectivity index (χ3n) is 9.69.